The molecule has 0 aliphatic rings. The molecule has 0 amide bonds. The highest BCUT2D eigenvalue weighted by atomic mass is 16.5. The quantitative estimate of drug-likeness (QED) is 0.782. The minimum absolute atomic E-state index is 0.0214. The molecule has 5 nitrogen and oxygen atoms in total. The van der Waals surface area contributed by atoms with Gasteiger partial charge in [0.1, 0.15) is 11.5 Å². The number of Topliss-reactive ketones (excluding diaryl/α,β-unsaturated/α-hetero) is 1. The molecule has 0 aliphatic carbocycles. The zero-order valence-corrected chi connectivity index (χ0v) is 9.74. The van der Waals surface area contributed by atoms with Crippen molar-refractivity contribution >= 4 is 16.7 Å². The number of ether oxygens (including phenoxy) is 2. The number of methoxy groups -OCH3 is 2. The number of H-pyrrole nitrogens is 1. The highest BCUT2D eigenvalue weighted by Crippen LogP contribution is 2.32. The Labute approximate surface area is 98.5 Å². The van der Waals surface area contributed by atoms with Gasteiger partial charge in [-0.2, -0.15) is 0 Å². The summed E-state index contributed by atoms with van der Waals surface area (Å²) in [6.45, 7) is -0.0214. The van der Waals surface area contributed by atoms with Crippen LogP contribution in [0.5, 0.6) is 11.5 Å². The number of aromatic nitrogens is 1. The van der Waals surface area contributed by atoms with Crippen LogP contribution in [0.25, 0.3) is 10.9 Å². The molecular formula is C12H14N2O3. The van der Waals surface area contributed by atoms with Crippen LogP contribution in [0.2, 0.25) is 0 Å². The lowest BCUT2D eigenvalue weighted by molar-refractivity contribution is 0.100. The molecule has 5 heteroatoms. The van der Waals surface area contributed by atoms with Gasteiger partial charge in [0.15, 0.2) is 5.78 Å². The summed E-state index contributed by atoms with van der Waals surface area (Å²) in [4.78, 5) is 14.7. The number of fused-ring (bicyclic) bond motifs is 1. The molecule has 3 N–H and O–H groups in total. The summed E-state index contributed by atoms with van der Waals surface area (Å²) in [5, 5.41) is 0.761. The normalized spacial score (nSPS) is 10.5. The summed E-state index contributed by atoms with van der Waals surface area (Å²) in [5.41, 5.74) is 6.69. The van der Waals surface area contributed by atoms with Gasteiger partial charge < -0.3 is 20.2 Å². The lowest BCUT2D eigenvalue weighted by atomic mass is 10.1. The molecule has 1 aromatic heterocycles. The van der Waals surface area contributed by atoms with Crippen LogP contribution in [0, 0.1) is 0 Å². The number of hydrogen-bond donors (Lipinski definition) is 2. The van der Waals surface area contributed by atoms with Crippen LogP contribution < -0.4 is 15.2 Å². The molecule has 0 spiro atoms. The van der Waals surface area contributed by atoms with Crippen LogP contribution in [0.15, 0.2) is 18.3 Å². The highest BCUT2D eigenvalue weighted by Gasteiger charge is 2.14. The van der Waals surface area contributed by atoms with Gasteiger partial charge in [0, 0.05) is 23.2 Å². The third kappa shape index (κ3) is 1.85. The van der Waals surface area contributed by atoms with Crippen LogP contribution in [-0.2, 0) is 0 Å². The molecule has 0 bridgehead atoms. The first kappa shape index (κ1) is 11.5. The fourth-order valence-electron chi connectivity index (χ4n) is 1.79. The topological polar surface area (TPSA) is 77.3 Å². The zero-order valence-electron chi connectivity index (χ0n) is 9.74. The Morgan fingerprint density at radius 2 is 2.12 bits per heavy atom. The summed E-state index contributed by atoms with van der Waals surface area (Å²) < 4.78 is 10.4. The Balaban J connectivity index is 2.70. The van der Waals surface area contributed by atoms with Gasteiger partial charge in [-0.15, -0.1) is 0 Å². The maximum atomic E-state index is 11.7. The van der Waals surface area contributed by atoms with Crippen LogP contribution >= 0.6 is 0 Å². The predicted octanol–water partition coefficient (Wildman–Crippen LogP) is 1.33. The molecule has 0 saturated carbocycles. The van der Waals surface area contributed by atoms with Gasteiger partial charge in [-0.1, -0.05) is 0 Å². The molecular weight excluding hydrogens is 220 g/mol. The van der Waals surface area contributed by atoms with Crippen molar-refractivity contribution in [1.29, 1.82) is 0 Å². The largest absolute Gasteiger partial charge is 0.497 e. The smallest absolute Gasteiger partial charge is 0.178 e. The number of ketones is 1. The van der Waals surface area contributed by atoms with Gasteiger partial charge >= 0.3 is 0 Å². The van der Waals surface area contributed by atoms with E-state index in [0.717, 1.165) is 10.9 Å². The SMILES string of the molecule is COc1cc(OC)c2[nH]cc(C(=O)CN)c2c1. The van der Waals surface area contributed by atoms with Gasteiger partial charge in [-0.05, 0) is 6.07 Å². The third-order valence-electron chi connectivity index (χ3n) is 2.67. The van der Waals surface area contributed by atoms with Crippen LogP contribution in [0.1, 0.15) is 10.4 Å². The van der Waals surface area contributed by atoms with E-state index in [-0.39, 0.29) is 12.3 Å². The van der Waals surface area contributed by atoms with Crippen molar-refractivity contribution < 1.29 is 14.3 Å². The van der Waals surface area contributed by atoms with E-state index < -0.39 is 0 Å². The minimum atomic E-state index is -0.119. The molecule has 0 aliphatic heterocycles. The van der Waals surface area contributed by atoms with E-state index in [1.165, 1.54) is 0 Å². The predicted molar refractivity (Wildman–Crippen MR) is 64.8 cm³/mol. The molecule has 90 valence electrons. The van der Waals surface area contributed by atoms with Gasteiger partial charge in [0.25, 0.3) is 0 Å². The Bertz CT molecular complexity index is 560. The number of aromatic amines is 1. The van der Waals surface area contributed by atoms with Crippen molar-refractivity contribution in [3.05, 3.63) is 23.9 Å². The van der Waals surface area contributed by atoms with Crippen LogP contribution in [0.3, 0.4) is 0 Å². The zero-order chi connectivity index (χ0) is 12.4. The highest BCUT2D eigenvalue weighted by molar-refractivity contribution is 6.10. The molecule has 1 aromatic carbocycles. The Hall–Kier alpha value is -2.01. The van der Waals surface area contributed by atoms with E-state index >= 15 is 0 Å². The molecule has 1 heterocycles. The van der Waals surface area contributed by atoms with Crippen molar-refractivity contribution in [1.82, 2.24) is 4.98 Å². The lowest BCUT2D eigenvalue weighted by Crippen LogP contribution is -2.12. The summed E-state index contributed by atoms with van der Waals surface area (Å²) in [7, 11) is 3.14. The van der Waals surface area contributed by atoms with E-state index in [4.69, 9.17) is 15.2 Å². The molecule has 17 heavy (non-hydrogen) atoms. The molecule has 0 radical (unpaired) electrons. The maximum Gasteiger partial charge on any atom is 0.178 e. The lowest BCUT2D eigenvalue weighted by Gasteiger charge is -2.06. The summed E-state index contributed by atoms with van der Waals surface area (Å²) in [6, 6.07) is 3.55. The number of nitrogens with one attached hydrogen (secondary N) is 1. The van der Waals surface area contributed by atoms with E-state index in [2.05, 4.69) is 4.98 Å². The Morgan fingerprint density at radius 3 is 2.71 bits per heavy atom. The third-order valence-corrected chi connectivity index (χ3v) is 2.67. The van der Waals surface area contributed by atoms with Crippen LogP contribution in [-0.4, -0.2) is 31.5 Å². The Morgan fingerprint density at radius 1 is 1.35 bits per heavy atom. The molecule has 2 rings (SSSR count). The monoisotopic (exact) mass is 234 g/mol. The standard InChI is InChI=1S/C12H14N2O3/c1-16-7-3-8-9(10(15)5-13)6-14-12(8)11(4-7)17-2/h3-4,6,14H,5,13H2,1-2H3. The van der Waals surface area contributed by atoms with Crippen molar-refractivity contribution in [2.24, 2.45) is 5.73 Å². The number of rotatable bonds is 4. The van der Waals surface area contributed by atoms with Crippen molar-refractivity contribution in [3.63, 3.8) is 0 Å². The van der Waals surface area contributed by atoms with Crippen LogP contribution in [0.4, 0.5) is 0 Å². The maximum absolute atomic E-state index is 11.7. The number of nitrogens with two attached hydrogens (primary N) is 1. The van der Waals surface area contributed by atoms with Gasteiger partial charge in [-0.25, -0.2) is 0 Å². The second-order valence-electron chi connectivity index (χ2n) is 3.58. The van der Waals surface area contributed by atoms with Gasteiger partial charge in [0.2, 0.25) is 0 Å². The summed E-state index contributed by atoms with van der Waals surface area (Å²) in [5.74, 6) is 1.15. The van der Waals surface area contributed by atoms with Gasteiger partial charge in [-0.3, -0.25) is 4.79 Å². The second kappa shape index (κ2) is 4.47. The fraction of sp³-hybridized carbons (Fsp3) is 0.250. The van der Waals surface area contributed by atoms with Crippen molar-refractivity contribution in [2.45, 2.75) is 0 Å². The first-order valence-corrected chi connectivity index (χ1v) is 5.17. The number of hydrogen-bond acceptors (Lipinski definition) is 4. The van der Waals surface area contributed by atoms with Gasteiger partial charge in [0.05, 0.1) is 26.3 Å². The van der Waals surface area contributed by atoms with E-state index in [0.29, 0.717) is 17.1 Å². The molecule has 0 saturated heterocycles. The van der Waals surface area contributed by atoms with Crippen molar-refractivity contribution in [2.75, 3.05) is 20.8 Å². The second-order valence-corrected chi connectivity index (χ2v) is 3.58. The summed E-state index contributed by atoms with van der Waals surface area (Å²) in [6.07, 6.45) is 1.64. The minimum Gasteiger partial charge on any atom is -0.497 e. The van der Waals surface area contributed by atoms with E-state index in [9.17, 15) is 4.79 Å². The van der Waals surface area contributed by atoms with Crippen molar-refractivity contribution in [3.8, 4) is 11.5 Å². The molecule has 0 fully saturated rings. The first-order chi connectivity index (χ1) is 8.21. The average molecular weight is 234 g/mol. The van der Waals surface area contributed by atoms with E-state index in [1.807, 2.05) is 0 Å². The number of carbonyl (C=O) groups excluding carboxylic acids is 1. The molecule has 0 unspecified atom stereocenters. The Kier molecular flexibility index (Phi) is 3.01. The van der Waals surface area contributed by atoms with E-state index in [1.54, 1.807) is 32.5 Å². The molecule has 2 aromatic rings. The average Bonchev–Trinajstić information content (AvgIpc) is 2.80. The first-order valence-electron chi connectivity index (χ1n) is 5.17. The summed E-state index contributed by atoms with van der Waals surface area (Å²) >= 11 is 0. The fourth-order valence-corrected chi connectivity index (χ4v) is 1.79. The number of benzene rings is 1. The molecule has 0 atom stereocenters. The number of carbonyl (C=O) groups is 1.